The van der Waals surface area contributed by atoms with Crippen LogP contribution in [0.4, 0.5) is 0 Å². The maximum Gasteiger partial charge on any atom is 0.113 e. The summed E-state index contributed by atoms with van der Waals surface area (Å²) < 4.78 is 11.5. The zero-order chi connectivity index (χ0) is 10.1. The minimum atomic E-state index is -0.112. The molecule has 2 saturated heterocycles. The molecule has 0 radical (unpaired) electrons. The van der Waals surface area contributed by atoms with E-state index in [0.717, 1.165) is 32.8 Å². The van der Waals surface area contributed by atoms with Crippen LogP contribution in [0.1, 0.15) is 18.0 Å². The van der Waals surface area contributed by atoms with Gasteiger partial charge in [-0.1, -0.05) is 0 Å². The molecule has 82 valence electrons. The van der Waals surface area contributed by atoms with Gasteiger partial charge in [-0.05, 0) is 22.4 Å². The lowest BCUT2D eigenvalue weighted by atomic mass is 9.88. The van der Waals surface area contributed by atoms with Gasteiger partial charge in [0.1, 0.15) is 5.60 Å². The molecule has 15 heavy (non-hydrogen) atoms. The average Bonchev–Trinajstić information content (AvgIpc) is 2.90. The summed E-state index contributed by atoms with van der Waals surface area (Å²) in [6.07, 6.45) is 1.00. The van der Waals surface area contributed by atoms with Crippen molar-refractivity contribution in [2.24, 2.45) is 0 Å². The maximum absolute atomic E-state index is 5.98. The normalized spacial score (nSPS) is 36.1. The molecule has 1 aromatic heterocycles. The Hall–Kier alpha value is -0.420. The van der Waals surface area contributed by atoms with Crippen molar-refractivity contribution in [3.63, 3.8) is 0 Å². The third-order valence-corrected chi connectivity index (χ3v) is 3.96. The van der Waals surface area contributed by atoms with Gasteiger partial charge in [-0.3, -0.25) is 0 Å². The van der Waals surface area contributed by atoms with Gasteiger partial charge in [-0.15, -0.1) is 0 Å². The van der Waals surface area contributed by atoms with Crippen molar-refractivity contribution in [2.45, 2.75) is 18.1 Å². The first-order valence-electron chi connectivity index (χ1n) is 5.38. The van der Waals surface area contributed by atoms with Gasteiger partial charge in [0.05, 0.1) is 19.3 Å². The largest absolute Gasteiger partial charge is 0.378 e. The summed E-state index contributed by atoms with van der Waals surface area (Å²) in [4.78, 5) is 0. The van der Waals surface area contributed by atoms with Crippen LogP contribution in [-0.4, -0.2) is 32.0 Å². The lowest BCUT2D eigenvalue weighted by Gasteiger charge is -2.40. The van der Waals surface area contributed by atoms with Gasteiger partial charge in [0.15, 0.2) is 0 Å². The molecule has 2 atom stereocenters. The number of ether oxygens (including phenoxy) is 2. The number of rotatable bonds is 1. The fourth-order valence-electron chi connectivity index (χ4n) is 2.49. The lowest BCUT2D eigenvalue weighted by molar-refractivity contribution is -0.0988. The van der Waals surface area contributed by atoms with E-state index in [4.69, 9.17) is 9.47 Å². The van der Waals surface area contributed by atoms with Crippen molar-refractivity contribution >= 4 is 11.3 Å². The molecule has 3 heterocycles. The first-order valence-corrected chi connectivity index (χ1v) is 6.32. The maximum atomic E-state index is 5.98. The standard InChI is InChI=1S/C11H15NO2S/c1-6-15-7-9(1)10-11(2-4-13-8-11)14-5-3-12-10/h1,6-7,10,12H,2-5,8H2. The Labute approximate surface area is 93.4 Å². The molecule has 0 aliphatic carbocycles. The molecule has 0 bridgehead atoms. The fraction of sp³-hybridized carbons (Fsp3) is 0.636. The number of hydrogen-bond donors (Lipinski definition) is 1. The summed E-state index contributed by atoms with van der Waals surface area (Å²) in [7, 11) is 0. The van der Waals surface area contributed by atoms with Crippen LogP contribution in [0.2, 0.25) is 0 Å². The first-order chi connectivity index (χ1) is 7.41. The van der Waals surface area contributed by atoms with Crippen molar-refractivity contribution in [3.05, 3.63) is 22.4 Å². The summed E-state index contributed by atoms with van der Waals surface area (Å²) in [6, 6.07) is 2.48. The minimum Gasteiger partial charge on any atom is -0.378 e. The second kappa shape index (κ2) is 3.87. The summed E-state index contributed by atoms with van der Waals surface area (Å²) >= 11 is 1.74. The molecule has 1 N–H and O–H groups in total. The van der Waals surface area contributed by atoms with Crippen molar-refractivity contribution in [1.82, 2.24) is 5.32 Å². The second-order valence-corrected chi connectivity index (χ2v) is 4.94. The third-order valence-electron chi connectivity index (χ3n) is 3.26. The molecule has 2 aliphatic rings. The van der Waals surface area contributed by atoms with E-state index in [1.54, 1.807) is 11.3 Å². The number of hydrogen-bond acceptors (Lipinski definition) is 4. The molecule has 3 nitrogen and oxygen atoms in total. The van der Waals surface area contributed by atoms with Gasteiger partial charge in [-0.2, -0.15) is 11.3 Å². The molecule has 2 aliphatic heterocycles. The van der Waals surface area contributed by atoms with Crippen LogP contribution >= 0.6 is 11.3 Å². The predicted octanol–water partition coefficient (Wildman–Crippen LogP) is 1.57. The molecule has 1 spiro atoms. The van der Waals surface area contributed by atoms with Gasteiger partial charge in [0.25, 0.3) is 0 Å². The van der Waals surface area contributed by atoms with Crippen molar-refractivity contribution < 1.29 is 9.47 Å². The molecule has 0 aromatic carbocycles. The molecule has 2 fully saturated rings. The van der Waals surface area contributed by atoms with Crippen LogP contribution in [0.15, 0.2) is 16.8 Å². The Morgan fingerprint density at radius 3 is 3.20 bits per heavy atom. The van der Waals surface area contributed by atoms with E-state index in [9.17, 15) is 0 Å². The molecule has 2 unspecified atom stereocenters. The summed E-state index contributed by atoms with van der Waals surface area (Å²) in [6.45, 7) is 3.27. The molecule has 0 amide bonds. The predicted molar refractivity (Wildman–Crippen MR) is 59.2 cm³/mol. The smallest absolute Gasteiger partial charge is 0.113 e. The van der Waals surface area contributed by atoms with Gasteiger partial charge >= 0.3 is 0 Å². The van der Waals surface area contributed by atoms with Gasteiger partial charge < -0.3 is 14.8 Å². The Bertz CT molecular complexity index is 319. The van der Waals surface area contributed by atoms with E-state index >= 15 is 0 Å². The monoisotopic (exact) mass is 225 g/mol. The van der Waals surface area contributed by atoms with E-state index in [-0.39, 0.29) is 5.60 Å². The summed E-state index contributed by atoms with van der Waals surface area (Å²) in [5.74, 6) is 0. The quantitative estimate of drug-likeness (QED) is 0.787. The van der Waals surface area contributed by atoms with Crippen molar-refractivity contribution in [3.8, 4) is 0 Å². The van der Waals surface area contributed by atoms with E-state index in [2.05, 4.69) is 22.1 Å². The Balaban J connectivity index is 1.90. The second-order valence-electron chi connectivity index (χ2n) is 4.16. The molecule has 4 heteroatoms. The van der Waals surface area contributed by atoms with Crippen molar-refractivity contribution in [2.75, 3.05) is 26.4 Å². The van der Waals surface area contributed by atoms with Crippen LogP contribution in [0.3, 0.4) is 0 Å². The van der Waals surface area contributed by atoms with Gasteiger partial charge in [0, 0.05) is 19.6 Å². The molecular formula is C11H15NO2S. The molecule has 0 saturated carbocycles. The highest BCUT2D eigenvalue weighted by Crippen LogP contribution is 2.38. The first kappa shape index (κ1) is 9.78. The topological polar surface area (TPSA) is 30.5 Å². The average molecular weight is 225 g/mol. The SMILES string of the molecule is c1cc(C2NCCOC23CCOC3)cs1. The Morgan fingerprint density at radius 2 is 2.47 bits per heavy atom. The number of morpholine rings is 1. The summed E-state index contributed by atoms with van der Waals surface area (Å²) in [5.41, 5.74) is 1.23. The zero-order valence-corrected chi connectivity index (χ0v) is 9.39. The molecular weight excluding hydrogens is 210 g/mol. The third kappa shape index (κ3) is 1.61. The van der Waals surface area contributed by atoms with Crippen LogP contribution < -0.4 is 5.32 Å². The number of nitrogens with one attached hydrogen (secondary N) is 1. The van der Waals surface area contributed by atoms with Crippen LogP contribution in [0, 0.1) is 0 Å². The number of thiophene rings is 1. The lowest BCUT2D eigenvalue weighted by Crippen LogP contribution is -2.52. The molecule has 3 rings (SSSR count). The van der Waals surface area contributed by atoms with Crippen molar-refractivity contribution in [1.29, 1.82) is 0 Å². The van der Waals surface area contributed by atoms with E-state index in [1.807, 2.05) is 0 Å². The Kier molecular flexibility index (Phi) is 2.52. The highest BCUT2D eigenvalue weighted by Gasteiger charge is 2.46. The fourth-order valence-corrected chi connectivity index (χ4v) is 3.18. The zero-order valence-electron chi connectivity index (χ0n) is 8.57. The van der Waals surface area contributed by atoms with E-state index < -0.39 is 0 Å². The van der Waals surface area contributed by atoms with Gasteiger partial charge in [0.2, 0.25) is 0 Å². The van der Waals surface area contributed by atoms with Crippen LogP contribution in [-0.2, 0) is 9.47 Å². The minimum absolute atomic E-state index is 0.112. The Morgan fingerprint density at radius 1 is 1.47 bits per heavy atom. The summed E-state index contributed by atoms with van der Waals surface area (Å²) in [5, 5.41) is 7.88. The van der Waals surface area contributed by atoms with E-state index in [1.165, 1.54) is 5.56 Å². The van der Waals surface area contributed by atoms with Crippen LogP contribution in [0.5, 0.6) is 0 Å². The highest BCUT2D eigenvalue weighted by atomic mass is 32.1. The van der Waals surface area contributed by atoms with E-state index in [0.29, 0.717) is 6.04 Å². The highest BCUT2D eigenvalue weighted by molar-refractivity contribution is 7.07. The molecule has 1 aromatic rings. The van der Waals surface area contributed by atoms with Gasteiger partial charge in [-0.25, -0.2) is 0 Å². The van der Waals surface area contributed by atoms with Crippen LogP contribution in [0.25, 0.3) is 0 Å².